The Morgan fingerprint density at radius 2 is 1.37 bits per heavy atom. The van der Waals surface area contributed by atoms with Crippen LogP contribution >= 0.6 is 46.4 Å². The molecule has 0 fully saturated rings. The van der Waals surface area contributed by atoms with Gasteiger partial charge in [0.1, 0.15) is 10.8 Å². The van der Waals surface area contributed by atoms with Gasteiger partial charge in [-0.3, -0.25) is 0 Å². The number of rotatable bonds is 0. The van der Waals surface area contributed by atoms with Crippen LogP contribution in [0.3, 0.4) is 0 Å². The van der Waals surface area contributed by atoms with E-state index in [9.17, 15) is 0 Å². The second-order valence-electron chi connectivity index (χ2n) is 3.29. The highest BCUT2D eigenvalue weighted by Gasteiger charge is 2.10. The van der Waals surface area contributed by atoms with Gasteiger partial charge < -0.3 is 5.11 Å². The zero-order valence-corrected chi connectivity index (χ0v) is 12.3. The van der Waals surface area contributed by atoms with Gasteiger partial charge in [-0.1, -0.05) is 46.4 Å². The lowest BCUT2D eigenvalue weighted by Gasteiger charge is -1.93. The van der Waals surface area contributed by atoms with Crippen LogP contribution in [0.25, 0.3) is 4.98 Å². The number of hydrogen-bond donors (Lipinski definition) is 1. The Hall–Kier alpha value is -1.18. The topological polar surface area (TPSA) is 48.4 Å². The number of halogens is 4. The van der Waals surface area contributed by atoms with Gasteiger partial charge in [-0.2, -0.15) is 0 Å². The lowest BCUT2D eigenvalue weighted by molar-refractivity contribution is 0.475. The highest BCUT2D eigenvalue weighted by Crippen LogP contribution is 2.27. The summed E-state index contributed by atoms with van der Waals surface area (Å²) in [6, 6.07) is 9.22. The van der Waals surface area contributed by atoms with Gasteiger partial charge in [-0.05, 0) is 24.3 Å². The molecule has 2 aromatic rings. The molecule has 1 N–H and O–H groups in total. The monoisotopic (exact) mass is 335 g/mol. The zero-order valence-electron chi connectivity index (χ0n) is 9.32. The number of benzene rings is 2. The third kappa shape index (κ3) is 5.14. The fourth-order valence-electron chi connectivity index (χ4n) is 1.05. The molecule has 0 heterocycles. The van der Waals surface area contributed by atoms with Crippen molar-refractivity contribution in [3.05, 3.63) is 61.5 Å². The van der Waals surface area contributed by atoms with Crippen LogP contribution in [-0.4, -0.2) is 5.11 Å². The van der Waals surface area contributed by atoms with Crippen molar-refractivity contribution in [2.75, 3.05) is 0 Å². The van der Waals surface area contributed by atoms with E-state index >= 15 is 0 Å². The lowest BCUT2D eigenvalue weighted by atomic mass is 10.3. The molecule has 0 spiro atoms. The Kier molecular flexibility index (Phi) is 6.20. The maximum absolute atomic E-state index is 8.88. The van der Waals surface area contributed by atoms with Crippen LogP contribution in [0, 0.1) is 5.39 Å². The molecule has 0 saturated heterocycles. The Balaban J connectivity index is 0.000000191. The van der Waals surface area contributed by atoms with Gasteiger partial charge in [0.05, 0.1) is 11.1 Å². The van der Waals surface area contributed by atoms with Gasteiger partial charge >= 0.3 is 5.69 Å². The van der Waals surface area contributed by atoms with Crippen LogP contribution in [0.1, 0.15) is 0 Å². The minimum Gasteiger partial charge on any atom is -0.506 e. The van der Waals surface area contributed by atoms with E-state index in [4.69, 9.17) is 56.9 Å². The second-order valence-corrected chi connectivity index (χ2v) is 4.98. The summed E-state index contributed by atoms with van der Waals surface area (Å²) in [5.74, 6) is 0.0177. The summed E-state index contributed by atoms with van der Waals surface area (Å²) < 4.78 is 0. The second kappa shape index (κ2) is 7.42. The van der Waals surface area contributed by atoms with E-state index in [0.717, 1.165) is 0 Å². The largest absolute Gasteiger partial charge is 0.506 e. The molecule has 0 amide bonds. The molecule has 98 valence electrons. The SMILES string of the molecule is N#[N+]c1cc(Cl)ccc1Cl.Oc1cc(Cl)ccc1Cl. The van der Waals surface area contributed by atoms with Crippen LogP contribution in [0.4, 0.5) is 5.69 Å². The summed E-state index contributed by atoms with van der Waals surface area (Å²) in [6.07, 6.45) is 0. The number of hydrogen-bond acceptors (Lipinski definition) is 2. The average Bonchev–Trinajstić information content (AvgIpc) is 2.38. The van der Waals surface area contributed by atoms with Crippen LogP contribution in [-0.2, 0) is 0 Å². The standard InChI is InChI=1S/C6H3Cl2N2.C6H4Cl2O/c7-4-1-2-5(8)6(3-4)10-9;7-4-1-2-5(8)6(9)3-4/h1-3H;1-3,9H/q+1;. The predicted octanol–water partition coefficient (Wildman–Crippen LogP) is 6.18. The maximum atomic E-state index is 8.88. The molecule has 2 rings (SSSR count). The summed E-state index contributed by atoms with van der Waals surface area (Å²) >= 11 is 22.1. The van der Waals surface area contributed by atoms with E-state index in [2.05, 4.69) is 4.98 Å². The van der Waals surface area contributed by atoms with Gasteiger partial charge in [-0.25, -0.2) is 0 Å². The fraction of sp³-hybridized carbons (Fsp3) is 0. The third-order valence-corrected chi connectivity index (χ3v) is 3.03. The van der Waals surface area contributed by atoms with Gasteiger partial charge in [0.25, 0.3) is 0 Å². The van der Waals surface area contributed by atoms with Crippen molar-refractivity contribution in [1.29, 1.82) is 5.39 Å². The molecule has 19 heavy (non-hydrogen) atoms. The summed E-state index contributed by atoms with van der Waals surface area (Å²) in [5, 5.41) is 18.9. The molecule has 0 aliphatic heterocycles. The normalized spacial score (nSPS) is 9.21. The van der Waals surface area contributed by atoms with E-state index in [1.54, 1.807) is 24.3 Å². The molecule has 0 aliphatic carbocycles. The summed E-state index contributed by atoms with van der Waals surface area (Å²) in [7, 11) is 0. The van der Waals surface area contributed by atoms with Crippen LogP contribution < -0.4 is 0 Å². The molecule has 7 heteroatoms. The molecule has 0 bridgehead atoms. The summed E-state index contributed by atoms with van der Waals surface area (Å²) in [4.78, 5) is 2.91. The Morgan fingerprint density at radius 1 is 0.842 bits per heavy atom. The molecular formula is C12H7Cl4N2O+. The molecule has 0 radical (unpaired) electrons. The van der Waals surface area contributed by atoms with E-state index in [1.807, 2.05) is 0 Å². The molecule has 3 nitrogen and oxygen atoms in total. The number of phenols is 1. The fourth-order valence-corrected chi connectivity index (χ4v) is 1.65. The van der Waals surface area contributed by atoms with Crippen molar-refractivity contribution in [3.8, 4) is 5.75 Å². The van der Waals surface area contributed by atoms with E-state index < -0.39 is 0 Å². The Bertz CT molecular complexity index is 626. The number of aromatic hydroxyl groups is 1. The minimum atomic E-state index is 0.0177. The van der Waals surface area contributed by atoms with Crippen molar-refractivity contribution >= 4 is 52.1 Å². The number of diazo groups is 1. The molecule has 0 unspecified atom stereocenters. The van der Waals surface area contributed by atoms with Gasteiger partial charge in [0, 0.05) is 16.1 Å². The first kappa shape index (κ1) is 15.9. The van der Waals surface area contributed by atoms with Gasteiger partial charge in [0.2, 0.25) is 5.39 Å². The molecule has 0 saturated carbocycles. The van der Waals surface area contributed by atoms with Gasteiger partial charge in [0.15, 0.2) is 4.98 Å². The van der Waals surface area contributed by atoms with Crippen molar-refractivity contribution in [2.45, 2.75) is 0 Å². The smallest absolute Gasteiger partial charge is 0.404 e. The molecular weight excluding hydrogens is 330 g/mol. The van der Waals surface area contributed by atoms with Gasteiger partial charge in [-0.15, -0.1) is 0 Å². The van der Waals surface area contributed by atoms with Crippen molar-refractivity contribution < 1.29 is 5.11 Å². The van der Waals surface area contributed by atoms with E-state index in [1.165, 1.54) is 12.1 Å². The Labute approximate surface area is 129 Å². The lowest BCUT2D eigenvalue weighted by Crippen LogP contribution is -1.66. The quantitative estimate of drug-likeness (QED) is 0.584. The number of nitrogens with zero attached hydrogens (tertiary/aromatic N) is 2. The van der Waals surface area contributed by atoms with Crippen LogP contribution in [0.5, 0.6) is 5.75 Å². The van der Waals surface area contributed by atoms with Crippen molar-refractivity contribution in [3.63, 3.8) is 0 Å². The van der Waals surface area contributed by atoms with Crippen LogP contribution in [0.2, 0.25) is 20.1 Å². The molecule has 0 aromatic heterocycles. The molecule has 2 aromatic carbocycles. The highest BCUT2D eigenvalue weighted by molar-refractivity contribution is 6.35. The van der Waals surface area contributed by atoms with E-state index in [0.29, 0.717) is 20.1 Å². The first-order valence-electron chi connectivity index (χ1n) is 4.88. The first-order chi connectivity index (χ1) is 8.93. The van der Waals surface area contributed by atoms with Crippen molar-refractivity contribution in [1.82, 2.24) is 0 Å². The zero-order chi connectivity index (χ0) is 14.4. The highest BCUT2D eigenvalue weighted by atomic mass is 35.5. The predicted molar refractivity (Wildman–Crippen MR) is 79.3 cm³/mol. The average molecular weight is 337 g/mol. The molecule has 0 atom stereocenters. The number of phenolic OH excluding ortho intramolecular Hbond substituents is 1. The third-order valence-electron chi connectivity index (χ3n) is 1.92. The van der Waals surface area contributed by atoms with Crippen LogP contribution in [0.15, 0.2) is 36.4 Å². The molecule has 0 aliphatic rings. The minimum absolute atomic E-state index is 0.0177. The first-order valence-corrected chi connectivity index (χ1v) is 6.39. The Morgan fingerprint density at radius 3 is 1.79 bits per heavy atom. The van der Waals surface area contributed by atoms with E-state index in [-0.39, 0.29) is 11.4 Å². The van der Waals surface area contributed by atoms with Crippen molar-refractivity contribution in [2.24, 2.45) is 0 Å². The summed E-state index contributed by atoms with van der Waals surface area (Å²) in [6.45, 7) is 0. The summed E-state index contributed by atoms with van der Waals surface area (Å²) in [5.41, 5.74) is 0.286. The maximum Gasteiger partial charge on any atom is 0.404 e.